The van der Waals surface area contributed by atoms with Crippen molar-refractivity contribution in [2.75, 3.05) is 7.11 Å². The molecule has 3 N–H and O–H groups in total. The summed E-state index contributed by atoms with van der Waals surface area (Å²) in [4.78, 5) is 0. The Bertz CT molecular complexity index is 411. The third kappa shape index (κ3) is 3.28. The van der Waals surface area contributed by atoms with Gasteiger partial charge in [0.1, 0.15) is 5.75 Å². The number of methoxy groups -OCH3 is 1. The average molecular weight is 263 g/mol. The van der Waals surface area contributed by atoms with Crippen LogP contribution in [-0.4, -0.2) is 18.3 Å². The standard InChI is InChI=1S/C16H25NO2/c1-3-11-4-9-15(19-2)14(10-11)16(17)12-5-7-13(18)8-6-12/h4,9-10,12-13,16,18H,3,5-8,17H2,1-2H3. The van der Waals surface area contributed by atoms with E-state index >= 15 is 0 Å². The number of hydrogen-bond donors (Lipinski definition) is 2. The molecule has 0 aromatic heterocycles. The Morgan fingerprint density at radius 3 is 2.58 bits per heavy atom. The summed E-state index contributed by atoms with van der Waals surface area (Å²) in [6, 6.07) is 6.30. The molecule has 3 heteroatoms. The van der Waals surface area contributed by atoms with Gasteiger partial charge in [0.15, 0.2) is 0 Å². The van der Waals surface area contributed by atoms with Crippen molar-refractivity contribution < 1.29 is 9.84 Å². The molecule has 1 aromatic rings. The monoisotopic (exact) mass is 263 g/mol. The molecule has 106 valence electrons. The molecule has 0 aliphatic heterocycles. The molecule has 1 aliphatic carbocycles. The summed E-state index contributed by atoms with van der Waals surface area (Å²) in [6.45, 7) is 2.15. The van der Waals surface area contributed by atoms with Crippen molar-refractivity contribution >= 4 is 0 Å². The van der Waals surface area contributed by atoms with E-state index in [1.54, 1.807) is 7.11 Å². The van der Waals surface area contributed by atoms with Gasteiger partial charge in [0, 0.05) is 11.6 Å². The van der Waals surface area contributed by atoms with Crippen molar-refractivity contribution in [1.82, 2.24) is 0 Å². The largest absolute Gasteiger partial charge is 0.496 e. The molecule has 0 bridgehead atoms. The second-order valence-electron chi connectivity index (χ2n) is 5.52. The number of aliphatic hydroxyl groups is 1. The van der Waals surface area contributed by atoms with Crippen molar-refractivity contribution in [2.45, 2.75) is 51.2 Å². The summed E-state index contributed by atoms with van der Waals surface area (Å²) in [6.07, 6.45) is 4.62. The highest BCUT2D eigenvalue weighted by Gasteiger charge is 2.27. The van der Waals surface area contributed by atoms with E-state index in [-0.39, 0.29) is 12.1 Å². The zero-order valence-corrected chi connectivity index (χ0v) is 11.9. The highest BCUT2D eigenvalue weighted by atomic mass is 16.5. The molecule has 19 heavy (non-hydrogen) atoms. The first kappa shape index (κ1) is 14.4. The van der Waals surface area contributed by atoms with Crippen molar-refractivity contribution in [3.05, 3.63) is 29.3 Å². The highest BCUT2D eigenvalue weighted by molar-refractivity contribution is 5.39. The van der Waals surface area contributed by atoms with E-state index in [1.165, 1.54) is 5.56 Å². The molecule has 0 spiro atoms. The van der Waals surface area contributed by atoms with E-state index < -0.39 is 0 Å². The van der Waals surface area contributed by atoms with Crippen LogP contribution in [0.1, 0.15) is 49.8 Å². The second-order valence-corrected chi connectivity index (χ2v) is 5.52. The predicted molar refractivity (Wildman–Crippen MR) is 77.3 cm³/mol. The zero-order valence-electron chi connectivity index (χ0n) is 11.9. The molecule has 1 unspecified atom stereocenters. The van der Waals surface area contributed by atoms with E-state index in [1.807, 2.05) is 6.07 Å². The van der Waals surface area contributed by atoms with Gasteiger partial charge in [-0.15, -0.1) is 0 Å². The van der Waals surface area contributed by atoms with Crippen molar-refractivity contribution in [3.63, 3.8) is 0 Å². The maximum Gasteiger partial charge on any atom is 0.123 e. The van der Waals surface area contributed by atoms with Gasteiger partial charge in [0.25, 0.3) is 0 Å². The van der Waals surface area contributed by atoms with Gasteiger partial charge in [-0.25, -0.2) is 0 Å². The molecule has 2 rings (SSSR count). The normalized spacial score (nSPS) is 25.1. The molecular weight excluding hydrogens is 238 g/mol. The van der Waals surface area contributed by atoms with Crippen LogP contribution in [0.2, 0.25) is 0 Å². The number of aliphatic hydroxyl groups excluding tert-OH is 1. The average Bonchev–Trinajstić information content (AvgIpc) is 2.46. The molecule has 0 heterocycles. The van der Waals surface area contributed by atoms with Gasteiger partial charge in [-0.1, -0.05) is 19.1 Å². The smallest absolute Gasteiger partial charge is 0.123 e. The first-order valence-electron chi connectivity index (χ1n) is 7.26. The fourth-order valence-corrected chi connectivity index (χ4v) is 2.98. The van der Waals surface area contributed by atoms with Crippen LogP contribution in [0, 0.1) is 5.92 Å². The number of aryl methyl sites for hydroxylation is 1. The number of benzene rings is 1. The van der Waals surface area contributed by atoms with Crippen molar-refractivity contribution in [3.8, 4) is 5.75 Å². The molecule has 0 radical (unpaired) electrons. The lowest BCUT2D eigenvalue weighted by Gasteiger charge is -2.31. The molecule has 1 saturated carbocycles. The Morgan fingerprint density at radius 2 is 2.00 bits per heavy atom. The lowest BCUT2D eigenvalue weighted by molar-refractivity contribution is 0.101. The van der Waals surface area contributed by atoms with Crippen LogP contribution in [0.5, 0.6) is 5.75 Å². The second kappa shape index (κ2) is 6.40. The van der Waals surface area contributed by atoms with E-state index in [4.69, 9.17) is 10.5 Å². The third-order valence-corrected chi connectivity index (χ3v) is 4.31. The van der Waals surface area contributed by atoms with Gasteiger partial charge < -0.3 is 15.6 Å². The fraction of sp³-hybridized carbons (Fsp3) is 0.625. The summed E-state index contributed by atoms with van der Waals surface area (Å²) < 4.78 is 5.45. The number of nitrogens with two attached hydrogens (primary N) is 1. The minimum absolute atomic E-state index is 0.00829. The molecule has 3 nitrogen and oxygen atoms in total. The minimum Gasteiger partial charge on any atom is -0.496 e. The molecule has 1 atom stereocenters. The third-order valence-electron chi connectivity index (χ3n) is 4.31. The number of ether oxygens (including phenoxy) is 1. The van der Waals surface area contributed by atoms with Gasteiger partial charge in [-0.2, -0.15) is 0 Å². The summed E-state index contributed by atoms with van der Waals surface area (Å²) in [7, 11) is 1.70. The Labute approximate surface area is 115 Å². The first-order valence-corrected chi connectivity index (χ1v) is 7.26. The van der Waals surface area contributed by atoms with Crippen LogP contribution in [0.4, 0.5) is 0 Å². The van der Waals surface area contributed by atoms with Crippen molar-refractivity contribution in [1.29, 1.82) is 0 Å². The Balaban J connectivity index is 2.19. The topological polar surface area (TPSA) is 55.5 Å². The van der Waals surface area contributed by atoms with Gasteiger partial charge in [-0.05, 0) is 49.7 Å². The maximum atomic E-state index is 9.60. The van der Waals surface area contributed by atoms with Crippen molar-refractivity contribution in [2.24, 2.45) is 11.7 Å². The SMILES string of the molecule is CCc1ccc(OC)c(C(N)C2CCC(O)CC2)c1. The van der Waals surface area contributed by atoms with Crippen LogP contribution in [0.3, 0.4) is 0 Å². The predicted octanol–water partition coefficient (Wildman–Crippen LogP) is 2.81. The van der Waals surface area contributed by atoms with Gasteiger partial charge in [-0.3, -0.25) is 0 Å². The van der Waals surface area contributed by atoms with E-state index in [9.17, 15) is 5.11 Å². The van der Waals surface area contributed by atoms with E-state index in [0.717, 1.165) is 43.4 Å². The summed E-state index contributed by atoms with van der Waals surface area (Å²) in [5.41, 5.74) is 8.86. The number of rotatable bonds is 4. The summed E-state index contributed by atoms with van der Waals surface area (Å²) in [5.74, 6) is 1.33. The molecule has 1 aromatic carbocycles. The quantitative estimate of drug-likeness (QED) is 0.878. The van der Waals surface area contributed by atoms with Crippen LogP contribution in [0.25, 0.3) is 0 Å². The zero-order chi connectivity index (χ0) is 13.8. The van der Waals surface area contributed by atoms with Gasteiger partial charge in [0.05, 0.1) is 13.2 Å². The van der Waals surface area contributed by atoms with E-state index in [0.29, 0.717) is 5.92 Å². The molecule has 0 amide bonds. The minimum atomic E-state index is -0.132. The molecular formula is C16H25NO2. The first-order chi connectivity index (χ1) is 9.15. The Kier molecular flexibility index (Phi) is 4.83. The van der Waals surface area contributed by atoms with Crippen LogP contribution in [-0.2, 0) is 6.42 Å². The van der Waals surface area contributed by atoms with E-state index in [2.05, 4.69) is 19.1 Å². The lowest BCUT2D eigenvalue weighted by atomic mass is 9.80. The molecule has 1 fully saturated rings. The molecule has 0 saturated heterocycles. The number of hydrogen-bond acceptors (Lipinski definition) is 3. The van der Waals surface area contributed by atoms with Crippen LogP contribution in [0.15, 0.2) is 18.2 Å². The summed E-state index contributed by atoms with van der Waals surface area (Å²) in [5, 5.41) is 9.60. The Hall–Kier alpha value is -1.06. The van der Waals surface area contributed by atoms with Crippen LogP contribution >= 0.6 is 0 Å². The Morgan fingerprint density at radius 1 is 1.32 bits per heavy atom. The van der Waals surface area contributed by atoms with Gasteiger partial charge in [0.2, 0.25) is 0 Å². The van der Waals surface area contributed by atoms with Crippen LogP contribution < -0.4 is 10.5 Å². The fourth-order valence-electron chi connectivity index (χ4n) is 2.98. The summed E-state index contributed by atoms with van der Waals surface area (Å²) >= 11 is 0. The highest BCUT2D eigenvalue weighted by Crippen LogP contribution is 2.37. The maximum absolute atomic E-state index is 9.60. The van der Waals surface area contributed by atoms with Gasteiger partial charge >= 0.3 is 0 Å². The molecule has 1 aliphatic rings. The lowest BCUT2D eigenvalue weighted by Crippen LogP contribution is -2.28.